The highest BCUT2D eigenvalue weighted by atomic mass is 35.5. The number of para-hydroxylation sites is 4. The van der Waals surface area contributed by atoms with Crippen LogP contribution < -0.4 is 0 Å². The molecule has 4 heterocycles. The molecule has 0 N–H and O–H groups in total. The number of rotatable bonds is 3. The summed E-state index contributed by atoms with van der Waals surface area (Å²) in [5, 5.41) is 6.85. The standard InChI is InChI=1S/C40H22ClN3O2/c41-37-38(23-17-19-35-29(21-23)27-11-3-7-15-33(27)45-35)42-39(24-18-20-36-30(22-24)28-12-4-8-16-34(28)46-36)43-40(37)44-31-13-5-1-9-25(31)26-10-2-6-14-32(26)44/h1-22H. The SMILES string of the molecule is Clc1c(-c2ccc3oc4ccccc4c3c2)nc(-c2ccc3oc4ccccc4c3c2)nc1-n1c2ccccc2c2ccccc21. The molecule has 6 aromatic carbocycles. The summed E-state index contributed by atoms with van der Waals surface area (Å²) in [4.78, 5) is 10.4. The maximum absolute atomic E-state index is 7.41. The summed E-state index contributed by atoms with van der Waals surface area (Å²) in [6, 6.07) is 45.1. The second-order valence-corrected chi connectivity index (χ2v) is 11.9. The predicted octanol–water partition coefficient (Wildman–Crippen LogP) is 11.4. The van der Waals surface area contributed by atoms with Crippen LogP contribution in [0.2, 0.25) is 5.02 Å². The summed E-state index contributed by atoms with van der Waals surface area (Å²) >= 11 is 7.41. The fourth-order valence-electron chi connectivity index (χ4n) is 6.79. The van der Waals surface area contributed by atoms with Crippen LogP contribution in [0.5, 0.6) is 0 Å². The Kier molecular flexibility index (Phi) is 5.27. The van der Waals surface area contributed by atoms with Gasteiger partial charge in [0.05, 0.1) is 16.7 Å². The summed E-state index contributed by atoms with van der Waals surface area (Å²) in [7, 11) is 0. The zero-order valence-corrected chi connectivity index (χ0v) is 25.0. The maximum atomic E-state index is 7.41. The number of fused-ring (bicyclic) bond motifs is 9. The van der Waals surface area contributed by atoms with E-state index in [9.17, 15) is 0 Å². The lowest BCUT2D eigenvalue weighted by molar-refractivity contribution is 0.668. The number of benzene rings is 6. The molecule has 0 unspecified atom stereocenters. The predicted molar refractivity (Wildman–Crippen MR) is 187 cm³/mol. The number of hydrogen-bond donors (Lipinski definition) is 0. The van der Waals surface area contributed by atoms with Gasteiger partial charge in [-0.15, -0.1) is 0 Å². The smallest absolute Gasteiger partial charge is 0.162 e. The Morgan fingerprint density at radius 3 is 1.54 bits per heavy atom. The van der Waals surface area contributed by atoms with E-state index in [2.05, 4.69) is 65.2 Å². The van der Waals surface area contributed by atoms with Gasteiger partial charge in [-0.05, 0) is 60.7 Å². The Bertz CT molecular complexity index is 2790. The fraction of sp³-hybridized carbons (Fsp3) is 0. The van der Waals surface area contributed by atoms with Gasteiger partial charge in [0.1, 0.15) is 27.4 Å². The fourth-order valence-corrected chi connectivity index (χ4v) is 7.07. The normalized spacial score (nSPS) is 12.0. The van der Waals surface area contributed by atoms with Crippen LogP contribution in [0.1, 0.15) is 0 Å². The lowest BCUT2D eigenvalue weighted by Crippen LogP contribution is -2.04. The van der Waals surface area contributed by atoms with Crippen molar-refractivity contribution in [3.8, 4) is 28.5 Å². The Labute approximate surface area is 266 Å². The van der Waals surface area contributed by atoms with Crippen LogP contribution >= 0.6 is 11.6 Å². The van der Waals surface area contributed by atoms with Crippen molar-refractivity contribution in [3.63, 3.8) is 0 Å². The second-order valence-electron chi connectivity index (χ2n) is 11.5. The number of halogens is 1. The van der Waals surface area contributed by atoms with Gasteiger partial charge in [-0.25, -0.2) is 9.97 Å². The molecular formula is C40H22ClN3O2. The first-order valence-electron chi connectivity index (χ1n) is 15.1. The van der Waals surface area contributed by atoms with Gasteiger partial charge >= 0.3 is 0 Å². The van der Waals surface area contributed by atoms with E-state index in [-0.39, 0.29) is 0 Å². The molecule has 6 heteroatoms. The molecule has 0 amide bonds. The highest BCUT2D eigenvalue weighted by molar-refractivity contribution is 6.35. The largest absolute Gasteiger partial charge is 0.456 e. The molecule has 0 aliphatic carbocycles. The van der Waals surface area contributed by atoms with E-state index in [0.717, 1.165) is 76.8 Å². The zero-order valence-electron chi connectivity index (χ0n) is 24.2. The van der Waals surface area contributed by atoms with Crippen LogP contribution in [0.15, 0.2) is 142 Å². The maximum Gasteiger partial charge on any atom is 0.162 e. The van der Waals surface area contributed by atoms with Crippen LogP contribution in [0.4, 0.5) is 0 Å². The molecule has 0 spiro atoms. The Balaban J connectivity index is 1.29. The van der Waals surface area contributed by atoms with Crippen molar-refractivity contribution in [2.24, 2.45) is 0 Å². The molecule has 0 aliphatic heterocycles. The van der Waals surface area contributed by atoms with Crippen LogP contribution in [-0.4, -0.2) is 14.5 Å². The average molecular weight is 612 g/mol. The van der Waals surface area contributed by atoms with Crippen molar-refractivity contribution in [2.45, 2.75) is 0 Å². The van der Waals surface area contributed by atoms with Crippen molar-refractivity contribution < 1.29 is 8.83 Å². The molecule has 216 valence electrons. The molecule has 0 aliphatic rings. The number of aromatic nitrogens is 3. The van der Waals surface area contributed by atoms with E-state index in [1.165, 1.54) is 0 Å². The molecule has 0 radical (unpaired) electrons. The molecule has 0 fully saturated rings. The van der Waals surface area contributed by atoms with E-state index in [1.807, 2.05) is 72.8 Å². The minimum Gasteiger partial charge on any atom is -0.456 e. The van der Waals surface area contributed by atoms with Gasteiger partial charge in [0.15, 0.2) is 11.6 Å². The molecule has 5 nitrogen and oxygen atoms in total. The first-order valence-corrected chi connectivity index (χ1v) is 15.5. The zero-order chi connectivity index (χ0) is 30.4. The third kappa shape index (κ3) is 3.63. The quantitative estimate of drug-likeness (QED) is 0.199. The third-order valence-corrected chi connectivity index (χ3v) is 9.26. The topological polar surface area (TPSA) is 57.0 Å². The molecule has 46 heavy (non-hydrogen) atoms. The molecule has 0 saturated carbocycles. The van der Waals surface area contributed by atoms with Crippen LogP contribution in [0, 0.1) is 0 Å². The van der Waals surface area contributed by atoms with Crippen molar-refractivity contribution in [1.29, 1.82) is 0 Å². The number of nitrogens with zero attached hydrogens (tertiary/aromatic N) is 3. The summed E-state index contributed by atoms with van der Waals surface area (Å²) in [5.74, 6) is 1.19. The Morgan fingerprint density at radius 2 is 0.935 bits per heavy atom. The second kappa shape index (κ2) is 9.54. The van der Waals surface area contributed by atoms with Crippen molar-refractivity contribution in [2.75, 3.05) is 0 Å². The third-order valence-electron chi connectivity index (χ3n) is 8.91. The minimum atomic E-state index is 0.470. The highest BCUT2D eigenvalue weighted by Gasteiger charge is 2.22. The molecule has 0 saturated heterocycles. The molecule has 10 aromatic rings. The van der Waals surface area contributed by atoms with Gasteiger partial charge in [-0.3, -0.25) is 4.57 Å². The molecule has 0 atom stereocenters. The molecule has 0 bridgehead atoms. The summed E-state index contributed by atoms with van der Waals surface area (Å²) in [6.07, 6.45) is 0. The summed E-state index contributed by atoms with van der Waals surface area (Å²) < 4.78 is 14.4. The Morgan fingerprint density at radius 1 is 0.457 bits per heavy atom. The van der Waals surface area contributed by atoms with Gasteiger partial charge < -0.3 is 8.83 Å². The Hall–Kier alpha value is -5.91. The number of hydrogen-bond acceptors (Lipinski definition) is 4. The number of furan rings is 2. The van der Waals surface area contributed by atoms with E-state index < -0.39 is 0 Å². The first kappa shape index (κ1) is 25.4. The van der Waals surface area contributed by atoms with Crippen LogP contribution in [0.3, 0.4) is 0 Å². The van der Waals surface area contributed by atoms with Gasteiger partial charge in [0, 0.05) is 43.4 Å². The monoisotopic (exact) mass is 611 g/mol. The molecule has 4 aromatic heterocycles. The summed E-state index contributed by atoms with van der Waals surface area (Å²) in [6.45, 7) is 0. The lowest BCUT2D eigenvalue weighted by Gasteiger charge is -2.15. The van der Waals surface area contributed by atoms with E-state index >= 15 is 0 Å². The van der Waals surface area contributed by atoms with Crippen molar-refractivity contribution in [3.05, 3.63) is 138 Å². The summed E-state index contributed by atoms with van der Waals surface area (Å²) in [5.41, 5.74) is 7.76. The van der Waals surface area contributed by atoms with Crippen molar-refractivity contribution in [1.82, 2.24) is 14.5 Å². The average Bonchev–Trinajstić information content (AvgIpc) is 3.77. The first-order chi connectivity index (χ1) is 22.7. The van der Waals surface area contributed by atoms with Gasteiger partial charge in [-0.1, -0.05) is 84.4 Å². The van der Waals surface area contributed by atoms with E-state index in [0.29, 0.717) is 22.4 Å². The highest BCUT2D eigenvalue weighted by Crippen LogP contribution is 2.40. The van der Waals surface area contributed by atoms with Gasteiger partial charge in [0.25, 0.3) is 0 Å². The molecular weight excluding hydrogens is 590 g/mol. The van der Waals surface area contributed by atoms with Gasteiger partial charge in [-0.2, -0.15) is 0 Å². The van der Waals surface area contributed by atoms with Crippen molar-refractivity contribution >= 4 is 77.3 Å². The van der Waals surface area contributed by atoms with Gasteiger partial charge in [0.2, 0.25) is 0 Å². The lowest BCUT2D eigenvalue weighted by atomic mass is 10.1. The van der Waals surface area contributed by atoms with Crippen LogP contribution in [-0.2, 0) is 0 Å². The van der Waals surface area contributed by atoms with E-state index in [1.54, 1.807) is 0 Å². The van der Waals surface area contributed by atoms with Crippen LogP contribution in [0.25, 0.3) is 94.1 Å². The minimum absolute atomic E-state index is 0.470. The van der Waals surface area contributed by atoms with E-state index in [4.69, 9.17) is 30.4 Å². The molecule has 10 rings (SSSR count).